The second kappa shape index (κ2) is 8.97. The van der Waals surface area contributed by atoms with E-state index in [0.717, 1.165) is 42.9 Å². The SMILES string of the molecule is CC(=O)Nc1ccc(CNC2(Cc3cc(C(=O)N4CCCCC4)on3)COC2)cc1. The average molecular weight is 412 g/mol. The van der Waals surface area contributed by atoms with Crippen LogP contribution in [-0.4, -0.2) is 53.7 Å². The van der Waals surface area contributed by atoms with Crippen LogP contribution in [0.3, 0.4) is 0 Å². The van der Waals surface area contributed by atoms with E-state index in [4.69, 9.17) is 9.26 Å². The van der Waals surface area contributed by atoms with Gasteiger partial charge in [-0.15, -0.1) is 0 Å². The molecule has 3 heterocycles. The summed E-state index contributed by atoms with van der Waals surface area (Å²) in [6.45, 7) is 4.90. The molecular weight excluding hydrogens is 384 g/mol. The molecule has 8 heteroatoms. The van der Waals surface area contributed by atoms with Crippen LogP contribution in [0.25, 0.3) is 0 Å². The molecule has 0 bridgehead atoms. The molecule has 30 heavy (non-hydrogen) atoms. The lowest BCUT2D eigenvalue weighted by molar-refractivity contribution is -0.114. The molecule has 0 radical (unpaired) electrons. The van der Waals surface area contributed by atoms with Crippen molar-refractivity contribution >= 4 is 17.5 Å². The van der Waals surface area contributed by atoms with E-state index in [0.29, 0.717) is 31.9 Å². The number of amides is 2. The summed E-state index contributed by atoms with van der Waals surface area (Å²) in [6, 6.07) is 9.51. The zero-order chi connectivity index (χ0) is 21.0. The highest BCUT2D eigenvalue weighted by Crippen LogP contribution is 2.24. The lowest BCUT2D eigenvalue weighted by Crippen LogP contribution is -2.61. The summed E-state index contributed by atoms with van der Waals surface area (Å²) in [5.41, 5.74) is 2.42. The zero-order valence-electron chi connectivity index (χ0n) is 17.3. The molecule has 0 atom stereocenters. The predicted octanol–water partition coefficient (Wildman–Crippen LogP) is 2.36. The molecule has 0 spiro atoms. The van der Waals surface area contributed by atoms with Gasteiger partial charge in [-0.05, 0) is 37.0 Å². The first kappa shape index (κ1) is 20.6. The van der Waals surface area contributed by atoms with E-state index in [9.17, 15) is 9.59 Å². The normalized spacial score (nSPS) is 18.0. The van der Waals surface area contributed by atoms with Gasteiger partial charge in [-0.1, -0.05) is 17.3 Å². The van der Waals surface area contributed by atoms with Gasteiger partial charge in [-0.2, -0.15) is 0 Å². The number of hydrogen-bond donors (Lipinski definition) is 2. The number of nitrogens with zero attached hydrogens (tertiary/aromatic N) is 2. The van der Waals surface area contributed by atoms with Crippen molar-refractivity contribution in [2.75, 3.05) is 31.6 Å². The molecule has 2 amide bonds. The van der Waals surface area contributed by atoms with Crippen molar-refractivity contribution in [2.24, 2.45) is 0 Å². The molecule has 2 fully saturated rings. The fourth-order valence-electron chi connectivity index (χ4n) is 3.91. The van der Waals surface area contributed by atoms with Gasteiger partial charge in [0.1, 0.15) is 0 Å². The molecule has 0 unspecified atom stereocenters. The van der Waals surface area contributed by atoms with E-state index < -0.39 is 0 Å². The minimum atomic E-state index is -0.224. The van der Waals surface area contributed by atoms with Gasteiger partial charge >= 0.3 is 0 Å². The minimum absolute atomic E-state index is 0.0698. The average Bonchev–Trinajstić information content (AvgIpc) is 3.19. The van der Waals surface area contributed by atoms with Gasteiger partial charge in [-0.25, -0.2) is 0 Å². The number of anilines is 1. The number of ether oxygens (including phenoxy) is 1. The van der Waals surface area contributed by atoms with Gasteiger partial charge in [0.05, 0.1) is 24.4 Å². The Morgan fingerprint density at radius 3 is 2.50 bits per heavy atom. The van der Waals surface area contributed by atoms with Crippen LogP contribution in [0.2, 0.25) is 0 Å². The van der Waals surface area contributed by atoms with Crippen molar-refractivity contribution in [1.82, 2.24) is 15.4 Å². The molecule has 2 aliphatic rings. The molecule has 160 valence electrons. The van der Waals surface area contributed by atoms with Gasteiger partial charge in [0, 0.05) is 44.7 Å². The summed E-state index contributed by atoms with van der Waals surface area (Å²) < 4.78 is 10.8. The third kappa shape index (κ3) is 4.88. The molecule has 2 N–H and O–H groups in total. The Balaban J connectivity index is 1.34. The minimum Gasteiger partial charge on any atom is -0.377 e. The number of likely N-dealkylation sites (tertiary alicyclic amines) is 1. The lowest BCUT2D eigenvalue weighted by atomic mass is 9.90. The summed E-state index contributed by atoms with van der Waals surface area (Å²) in [5, 5.41) is 10.5. The number of carbonyl (C=O) groups excluding carboxylic acids is 2. The highest BCUT2D eigenvalue weighted by molar-refractivity contribution is 5.91. The standard InChI is InChI=1S/C22H28N4O4/c1-16(27)24-18-7-5-17(6-8-18)13-23-22(14-29-15-22)12-19-11-20(30-25-19)21(28)26-9-3-2-4-10-26/h5-8,11,23H,2-4,9-10,12-15H2,1H3,(H,24,27). The van der Waals surface area contributed by atoms with Crippen LogP contribution in [0.4, 0.5) is 5.69 Å². The van der Waals surface area contributed by atoms with Crippen LogP contribution in [0.5, 0.6) is 0 Å². The van der Waals surface area contributed by atoms with Gasteiger partial charge in [-0.3, -0.25) is 9.59 Å². The van der Waals surface area contributed by atoms with Gasteiger partial charge < -0.3 is 24.8 Å². The molecule has 0 saturated carbocycles. The Kier molecular flexibility index (Phi) is 6.15. The maximum atomic E-state index is 12.6. The maximum absolute atomic E-state index is 12.6. The maximum Gasteiger partial charge on any atom is 0.292 e. The second-order valence-electron chi connectivity index (χ2n) is 8.22. The monoisotopic (exact) mass is 412 g/mol. The van der Waals surface area contributed by atoms with Crippen LogP contribution in [0.1, 0.15) is 48.0 Å². The number of hydrogen-bond acceptors (Lipinski definition) is 6. The number of nitrogens with one attached hydrogen (secondary N) is 2. The first-order valence-corrected chi connectivity index (χ1v) is 10.5. The number of piperidine rings is 1. The quantitative estimate of drug-likeness (QED) is 0.725. The molecule has 4 rings (SSSR count). The van der Waals surface area contributed by atoms with E-state index in [2.05, 4.69) is 15.8 Å². The van der Waals surface area contributed by atoms with Crippen LogP contribution in [0.15, 0.2) is 34.9 Å². The van der Waals surface area contributed by atoms with Crippen molar-refractivity contribution in [1.29, 1.82) is 0 Å². The Morgan fingerprint density at radius 2 is 1.87 bits per heavy atom. The largest absolute Gasteiger partial charge is 0.377 e. The fourth-order valence-corrected chi connectivity index (χ4v) is 3.91. The summed E-state index contributed by atoms with van der Waals surface area (Å²) >= 11 is 0. The lowest BCUT2D eigenvalue weighted by Gasteiger charge is -2.42. The first-order valence-electron chi connectivity index (χ1n) is 10.5. The second-order valence-corrected chi connectivity index (χ2v) is 8.22. The Labute approximate surface area is 175 Å². The van der Waals surface area contributed by atoms with Crippen LogP contribution in [0, 0.1) is 0 Å². The van der Waals surface area contributed by atoms with E-state index in [1.165, 1.54) is 13.3 Å². The van der Waals surface area contributed by atoms with E-state index >= 15 is 0 Å². The van der Waals surface area contributed by atoms with E-state index in [-0.39, 0.29) is 17.4 Å². The predicted molar refractivity (Wildman–Crippen MR) is 111 cm³/mol. The Hall–Kier alpha value is -2.71. The van der Waals surface area contributed by atoms with Crippen molar-refractivity contribution in [2.45, 2.75) is 44.7 Å². The third-order valence-corrected chi connectivity index (χ3v) is 5.63. The zero-order valence-corrected chi connectivity index (χ0v) is 17.3. The molecule has 2 aromatic rings. The van der Waals surface area contributed by atoms with Crippen LogP contribution < -0.4 is 10.6 Å². The molecule has 2 aliphatic heterocycles. The van der Waals surface area contributed by atoms with Crippen molar-refractivity contribution in [3.8, 4) is 0 Å². The van der Waals surface area contributed by atoms with Crippen LogP contribution in [-0.2, 0) is 22.5 Å². The third-order valence-electron chi connectivity index (χ3n) is 5.63. The number of carbonyl (C=O) groups is 2. The summed E-state index contributed by atoms with van der Waals surface area (Å²) in [4.78, 5) is 25.6. The van der Waals surface area contributed by atoms with Crippen molar-refractivity contribution in [3.05, 3.63) is 47.3 Å². The molecule has 0 aliphatic carbocycles. The Bertz CT molecular complexity index is 883. The van der Waals surface area contributed by atoms with Gasteiger partial charge in [0.15, 0.2) is 0 Å². The van der Waals surface area contributed by atoms with Crippen molar-refractivity contribution < 1.29 is 18.8 Å². The highest BCUT2D eigenvalue weighted by atomic mass is 16.5. The first-order chi connectivity index (χ1) is 14.5. The summed E-state index contributed by atoms with van der Waals surface area (Å²) in [6.07, 6.45) is 3.90. The molecule has 1 aromatic heterocycles. The number of rotatable bonds is 7. The molecular formula is C22H28N4O4. The van der Waals surface area contributed by atoms with Crippen molar-refractivity contribution in [3.63, 3.8) is 0 Å². The topological polar surface area (TPSA) is 96.7 Å². The molecule has 8 nitrogen and oxygen atoms in total. The van der Waals surface area contributed by atoms with Crippen LogP contribution >= 0.6 is 0 Å². The van der Waals surface area contributed by atoms with E-state index in [1.807, 2.05) is 29.2 Å². The summed E-state index contributed by atoms with van der Waals surface area (Å²) in [5.74, 6) is 0.160. The number of aromatic nitrogens is 1. The van der Waals surface area contributed by atoms with E-state index in [1.54, 1.807) is 6.07 Å². The smallest absolute Gasteiger partial charge is 0.292 e. The van der Waals surface area contributed by atoms with Gasteiger partial charge in [0.25, 0.3) is 5.91 Å². The number of benzene rings is 1. The summed E-state index contributed by atoms with van der Waals surface area (Å²) in [7, 11) is 0. The highest BCUT2D eigenvalue weighted by Gasteiger charge is 2.39. The molecule has 1 aromatic carbocycles. The fraction of sp³-hybridized carbons (Fsp3) is 0.500. The Morgan fingerprint density at radius 1 is 1.13 bits per heavy atom. The molecule has 2 saturated heterocycles. The van der Waals surface area contributed by atoms with Gasteiger partial charge in [0.2, 0.25) is 11.7 Å².